The monoisotopic (exact) mass is 410 g/mol. The highest BCUT2D eigenvalue weighted by Crippen LogP contribution is 2.31. The van der Waals surface area contributed by atoms with Crippen LogP contribution in [0.1, 0.15) is 130 Å². The van der Waals surface area contributed by atoms with Crippen molar-refractivity contribution in [2.45, 2.75) is 148 Å². The zero-order chi connectivity index (χ0) is 21.5. The maximum Gasteiger partial charge on any atom is 0.165 e. The first-order valence-electron chi connectivity index (χ1n) is 12.3. The summed E-state index contributed by atoms with van der Waals surface area (Å²) >= 11 is 0. The van der Waals surface area contributed by atoms with E-state index in [0.29, 0.717) is 12.8 Å². The molecule has 0 aromatic carbocycles. The molecule has 0 bridgehead atoms. The summed E-state index contributed by atoms with van der Waals surface area (Å²) in [6.45, 7) is 8.02. The Hall–Kier alpha value is -0.740. The van der Waals surface area contributed by atoms with Gasteiger partial charge in [0.05, 0.1) is 0 Å². The van der Waals surface area contributed by atoms with Crippen LogP contribution in [-0.4, -0.2) is 29.6 Å². The Labute approximate surface area is 179 Å². The summed E-state index contributed by atoms with van der Waals surface area (Å²) in [6, 6.07) is 0. The van der Waals surface area contributed by atoms with E-state index in [-0.39, 0.29) is 11.6 Å². The Balaban J connectivity index is 2.33. The van der Waals surface area contributed by atoms with E-state index in [9.17, 15) is 9.59 Å². The zero-order valence-corrected chi connectivity index (χ0v) is 19.6. The summed E-state index contributed by atoms with van der Waals surface area (Å²) in [7, 11) is 0. The zero-order valence-electron chi connectivity index (χ0n) is 19.6. The summed E-state index contributed by atoms with van der Waals surface area (Å²) < 4.78 is 11.7. The molecule has 0 N–H and O–H groups in total. The van der Waals surface area contributed by atoms with Crippen LogP contribution >= 0.6 is 0 Å². The van der Waals surface area contributed by atoms with Gasteiger partial charge < -0.3 is 9.47 Å². The SMILES string of the molecule is CCCCCCCCCC(=O)[C@@H]1OC(C)(C)O[C@H]1C(=O)CCCCCCCCC. The lowest BCUT2D eigenvalue weighted by molar-refractivity contribution is -0.158. The van der Waals surface area contributed by atoms with Gasteiger partial charge in [-0.2, -0.15) is 0 Å². The minimum absolute atomic E-state index is 0.0297. The normalized spacial score (nSPS) is 20.8. The lowest BCUT2D eigenvalue weighted by atomic mass is 9.97. The maximum absolute atomic E-state index is 12.7. The van der Waals surface area contributed by atoms with E-state index in [0.717, 1.165) is 25.7 Å². The minimum Gasteiger partial charge on any atom is -0.336 e. The second kappa shape index (κ2) is 15.1. The molecule has 1 saturated heterocycles. The van der Waals surface area contributed by atoms with Gasteiger partial charge in [-0.1, -0.05) is 90.9 Å². The van der Waals surface area contributed by atoms with Crippen molar-refractivity contribution in [3.63, 3.8) is 0 Å². The van der Waals surface area contributed by atoms with E-state index in [2.05, 4.69) is 13.8 Å². The molecule has 0 radical (unpaired) electrons. The predicted molar refractivity (Wildman–Crippen MR) is 119 cm³/mol. The van der Waals surface area contributed by atoms with Gasteiger partial charge in [0.1, 0.15) is 0 Å². The van der Waals surface area contributed by atoms with E-state index in [1.165, 1.54) is 64.2 Å². The van der Waals surface area contributed by atoms with E-state index in [4.69, 9.17) is 9.47 Å². The molecule has 1 rings (SSSR count). The number of ether oxygens (including phenoxy) is 2. The van der Waals surface area contributed by atoms with Crippen molar-refractivity contribution >= 4 is 11.6 Å². The molecule has 0 aliphatic carbocycles. The number of rotatable bonds is 18. The smallest absolute Gasteiger partial charge is 0.165 e. The standard InChI is InChI=1S/C25H46O4/c1-5-7-9-11-13-15-17-19-21(26)23-24(29-25(3,4)28-23)22(27)20-18-16-14-12-10-8-6-2/h23-24H,5-20H2,1-4H3/t23-,24-/m0/s1. The Kier molecular flexibility index (Phi) is 13.7. The van der Waals surface area contributed by atoms with Gasteiger partial charge in [-0.05, 0) is 26.7 Å². The fourth-order valence-corrected chi connectivity index (χ4v) is 4.03. The lowest BCUT2D eigenvalue weighted by Gasteiger charge is -2.16. The van der Waals surface area contributed by atoms with Gasteiger partial charge in [0.25, 0.3) is 0 Å². The van der Waals surface area contributed by atoms with Gasteiger partial charge in [-0.25, -0.2) is 0 Å². The fraction of sp³-hybridized carbons (Fsp3) is 0.920. The third-order valence-electron chi connectivity index (χ3n) is 5.78. The predicted octanol–water partition coefficient (Wildman–Crippen LogP) is 6.93. The second-order valence-electron chi connectivity index (χ2n) is 9.15. The van der Waals surface area contributed by atoms with E-state index in [1.807, 2.05) is 0 Å². The van der Waals surface area contributed by atoms with Crippen LogP contribution in [-0.2, 0) is 19.1 Å². The first-order valence-corrected chi connectivity index (χ1v) is 12.3. The Morgan fingerprint density at radius 2 is 0.897 bits per heavy atom. The molecule has 2 atom stereocenters. The molecule has 170 valence electrons. The van der Waals surface area contributed by atoms with E-state index >= 15 is 0 Å². The average Bonchev–Trinajstić information content (AvgIpc) is 3.02. The molecule has 0 spiro atoms. The largest absolute Gasteiger partial charge is 0.336 e. The molecular formula is C25H46O4. The Bertz CT molecular complexity index is 418. The van der Waals surface area contributed by atoms with Crippen LogP contribution in [0.15, 0.2) is 0 Å². The molecule has 1 fully saturated rings. The van der Waals surface area contributed by atoms with Crippen LogP contribution in [0.5, 0.6) is 0 Å². The summed E-state index contributed by atoms with van der Waals surface area (Å²) in [5.41, 5.74) is 0. The van der Waals surface area contributed by atoms with Crippen LogP contribution in [0.3, 0.4) is 0 Å². The molecule has 1 aliphatic rings. The molecule has 29 heavy (non-hydrogen) atoms. The van der Waals surface area contributed by atoms with Crippen molar-refractivity contribution < 1.29 is 19.1 Å². The van der Waals surface area contributed by atoms with Gasteiger partial charge in [-0.15, -0.1) is 0 Å². The summed E-state index contributed by atoms with van der Waals surface area (Å²) in [4.78, 5) is 25.4. The number of hydrogen-bond acceptors (Lipinski definition) is 4. The lowest BCUT2D eigenvalue weighted by Crippen LogP contribution is -2.37. The molecule has 0 aromatic rings. The molecule has 0 unspecified atom stereocenters. The molecule has 4 nitrogen and oxygen atoms in total. The molecule has 1 heterocycles. The van der Waals surface area contributed by atoms with Crippen LogP contribution < -0.4 is 0 Å². The van der Waals surface area contributed by atoms with Crippen molar-refractivity contribution in [1.29, 1.82) is 0 Å². The molecule has 0 amide bonds. The molecule has 4 heteroatoms. The van der Waals surface area contributed by atoms with Gasteiger partial charge in [0.15, 0.2) is 29.6 Å². The van der Waals surface area contributed by atoms with Crippen LogP contribution in [0.25, 0.3) is 0 Å². The van der Waals surface area contributed by atoms with Gasteiger partial charge in [-0.3, -0.25) is 9.59 Å². The fourth-order valence-electron chi connectivity index (χ4n) is 4.03. The summed E-state index contributed by atoms with van der Waals surface area (Å²) in [5.74, 6) is -0.801. The highest BCUT2D eigenvalue weighted by molar-refractivity contribution is 5.93. The van der Waals surface area contributed by atoms with Crippen molar-refractivity contribution in [2.24, 2.45) is 0 Å². The first kappa shape index (κ1) is 26.3. The minimum atomic E-state index is -0.860. The molecule has 1 aliphatic heterocycles. The Morgan fingerprint density at radius 3 is 1.24 bits per heavy atom. The number of ketones is 2. The summed E-state index contributed by atoms with van der Waals surface area (Å²) in [5, 5.41) is 0. The van der Waals surface area contributed by atoms with Crippen molar-refractivity contribution in [1.82, 2.24) is 0 Å². The number of carbonyl (C=O) groups is 2. The van der Waals surface area contributed by atoms with Crippen molar-refractivity contribution in [3.8, 4) is 0 Å². The van der Waals surface area contributed by atoms with Gasteiger partial charge in [0.2, 0.25) is 0 Å². The van der Waals surface area contributed by atoms with E-state index < -0.39 is 18.0 Å². The number of Topliss-reactive ketones (excluding diaryl/α,β-unsaturated/α-hetero) is 2. The number of unbranched alkanes of at least 4 members (excludes halogenated alkanes) is 12. The van der Waals surface area contributed by atoms with Crippen molar-refractivity contribution in [3.05, 3.63) is 0 Å². The topological polar surface area (TPSA) is 52.6 Å². The average molecular weight is 411 g/mol. The Morgan fingerprint density at radius 1 is 0.586 bits per heavy atom. The highest BCUT2D eigenvalue weighted by atomic mass is 16.8. The number of hydrogen-bond donors (Lipinski definition) is 0. The molecule has 0 aromatic heterocycles. The third-order valence-corrected chi connectivity index (χ3v) is 5.78. The van der Waals surface area contributed by atoms with Gasteiger partial charge >= 0.3 is 0 Å². The maximum atomic E-state index is 12.7. The first-order chi connectivity index (χ1) is 13.9. The number of carbonyl (C=O) groups excluding carboxylic acids is 2. The van der Waals surface area contributed by atoms with Crippen LogP contribution in [0.2, 0.25) is 0 Å². The second-order valence-corrected chi connectivity index (χ2v) is 9.15. The highest BCUT2D eigenvalue weighted by Gasteiger charge is 2.47. The molecular weight excluding hydrogens is 364 g/mol. The molecule has 0 saturated carbocycles. The van der Waals surface area contributed by atoms with E-state index in [1.54, 1.807) is 13.8 Å². The quantitative estimate of drug-likeness (QED) is 0.230. The van der Waals surface area contributed by atoms with Crippen LogP contribution in [0, 0.1) is 0 Å². The third kappa shape index (κ3) is 11.3. The van der Waals surface area contributed by atoms with Gasteiger partial charge in [0, 0.05) is 12.8 Å². The van der Waals surface area contributed by atoms with Crippen LogP contribution in [0.4, 0.5) is 0 Å². The van der Waals surface area contributed by atoms with Crippen molar-refractivity contribution in [2.75, 3.05) is 0 Å². The summed E-state index contributed by atoms with van der Waals surface area (Å²) in [6.07, 6.45) is 16.0.